The molecule has 0 unspecified atom stereocenters. The molecule has 11 rings (SSSR count). The van der Waals surface area contributed by atoms with Crippen molar-refractivity contribution in [3.63, 3.8) is 0 Å². The molecule has 0 radical (unpaired) electrons. The van der Waals surface area contributed by atoms with Gasteiger partial charge in [-0.25, -0.2) is 0 Å². The van der Waals surface area contributed by atoms with Crippen LogP contribution in [0.3, 0.4) is 0 Å². The molecule has 0 atom stereocenters. The molecule has 2 nitrogen and oxygen atoms in total. The van der Waals surface area contributed by atoms with Crippen LogP contribution in [0.5, 0.6) is 0 Å². The molecule has 0 saturated heterocycles. The van der Waals surface area contributed by atoms with Gasteiger partial charge in [-0.2, -0.15) is 0 Å². The van der Waals surface area contributed by atoms with E-state index in [4.69, 9.17) is 0 Å². The highest BCUT2D eigenvalue weighted by Gasteiger charge is 2.20. The fraction of sp³-hybridized carbons (Fsp3) is 0. The van der Waals surface area contributed by atoms with Gasteiger partial charge in [0.2, 0.25) is 0 Å². The summed E-state index contributed by atoms with van der Waals surface area (Å²) in [6.07, 6.45) is 0. The van der Waals surface area contributed by atoms with Crippen molar-refractivity contribution in [3.05, 3.63) is 158 Å². The second-order valence-electron chi connectivity index (χ2n) is 12.5. The molecule has 3 heterocycles. The topological polar surface area (TPSA) is 9.86 Å². The van der Waals surface area contributed by atoms with E-state index in [1.165, 1.54) is 97.1 Å². The van der Waals surface area contributed by atoms with Crippen LogP contribution >= 0.6 is 11.3 Å². The molecule has 3 aromatic heterocycles. The van der Waals surface area contributed by atoms with Crippen LogP contribution in [0.1, 0.15) is 0 Å². The Morgan fingerprint density at radius 2 is 1.11 bits per heavy atom. The van der Waals surface area contributed by atoms with Crippen LogP contribution in [0.2, 0.25) is 0 Å². The van der Waals surface area contributed by atoms with Crippen molar-refractivity contribution in [2.75, 3.05) is 0 Å². The molecule has 0 saturated carbocycles. The van der Waals surface area contributed by atoms with Crippen LogP contribution in [0, 0.1) is 0 Å². The Kier molecular flexibility index (Phi) is 5.02. The quantitative estimate of drug-likeness (QED) is 0.175. The Morgan fingerprint density at radius 3 is 2.04 bits per heavy atom. The maximum Gasteiger partial charge on any atom is 0.0640 e. The normalized spacial score (nSPS) is 12.3. The average molecular weight is 615 g/mol. The standard InChI is InChI=1S/C44H26N2S/c1-2-11-31(12-3-1)45-38-17-8-10-27-20-21-29-24-30(26-40(45)43(29)42(27)38)28-22-23-37-35(25-28)32-13-4-6-16-36(32)46(37)39-18-9-15-34-33-14-5-7-19-41(33)47-44(34)39/h1-26H. The second-order valence-corrected chi connectivity index (χ2v) is 13.6. The Morgan fingerprint density at radius 1 is 0.383 bits per heavy atom. The van der Waals surface area contributed by atoms with E-state index in [0.29, 0.717) is 0 Å². The summed E-state index contributed by atoms with van der Waals surface area (Å²) in [5.41, 5.74) is 9.83. The van der Waals surface area contributed by atoms with E-state index < -0.39 is 0 Å². The summed E-state index contributed by atoms with van der Waals surface area (Å²) in [7, 11) is 0. The number of nitrogens with zero attached hydrogens (tertiary/aromatic N) is 2. The first-order valence-electron chi connectivity index (χ1n) is 16.1. The largest absolute Gasteiger partial charge is 0.309 e. The number of benzene rings is 8. The van der Waals surface area contributed by atoms with Crippen molar-refractivity contribution < 1.29 is 0 Å². The number of aromatic nitrogens is 2. The van der Waals surface area contributed by atoms with Crippen molar-refractivity contribution in [2.24, 2.45) is 0 Å². The van der Waals surface area contributed by atoms with Gasteiger partial charge in [-0.1, -0.05) is 97.1 Å². The summed E-state index contributed by atoms with van der Waals surface area (Å²) in [4.78, 5) is 0. The van der Waals surface area contributed by atoms with E-state index in [9.17, 15) is 0 Å². The summed E-state index contributed by atoms with van der Waals surface area (Å²) in [5.74, 6) is 0. The maximum atomic E-state index is 2.47. The molecule has 8 aromatic carbocycles. The predicted octanol–water partition coefficient (Wildman–Crippen LogP) is 12.5. The maximum absolute atomic E-state index is 2.47. The van der Waals surface area contributed by atoms with Gasteiger partial charge in [-0.15, -0.1) is 11.3 Å². The molecule has 3 heteroatoms. The third kappa shape index (κ3) is 3.44. The Hall–Kier alpha value is -5.90. The van der Waals surface area contributed by atoms with Crippen molar-refractivity contribution in [2.45, 2.75) is 0 Å². The van der Waals surface area contributed by atoms with Gasteiger partial charge in [0.1, 0.15) is 0 Å². The summed E-state index contributed by atoms with van der Waals surface area (Å²) < 4.78 is 7.55. The Balaban J connectivity index is 1.18. The molecule has 0 fully saturated rings. The number of thiophene rings is 1. The fourth-order valence-corrected chi connectivity index (χ4v) is 9.24. The molecule has 47 heavy (non-hydrogen) atoms. The van der Waals surface area contributed by atoms with Gasteiger partial charge in [-0.3, -0.25) is 0 Å². The molecule has 0 aliphatic rings. The van der Waals surface area contributed by atoms with Crippen LogP contribution in [-0.4, -0.2) is 9.13 Å². The summed E-state index contributed by atoms with van der Waals surface area (Å²) in [6.45, 7) is 0. The lowest BCUT2D eigenvalue weighted by molar-refractivity contribution is 1.18. The minimum Gasteiger partial charge on any atom is -0.309 e. The van der Waals surface area contributed by atoms with E-state index in [1.54, 1.807) is 0 Å². The van der Waals surface area contributed by atoms with E-state index >= 15 is 0 Å². The zero-order chi connectivity index (χ0) is 30.6. The SMILES string of the molecule is c1ccc(-n2c3cccc4ccc5cc(-c6ccc7c(c6)c6ccccc6n7-c6cccc7c6sc6ccccc67)cc2c5c43)cc1. The molecular formula is C44H26N2S. The van der Waals surface area contributed by atoms with E-state index in [1.807, 2.05) is 11.3 Å². The third-order valence-electron chi connectivity index (χ3n) is 10.0. The van der Waals surface area contributed by atoms with Crippen molar-refractivity contribution in [1.29, 1.82) is 0 Å². The highest BCUT2D eigenvalue weighted by Crippen LogP contribution is 2.44. The van der Waals surface area contributed by atoms with E-state index in [-0.39, 0.29) is 0 Å². The lowest BCUT2D eigenvalue weighted by Gasteiger charge is -2.11. The smallest absolute Gasteiger partial charge is 0.0640 e. The van der Waals surface area contributed by atoms with E-state index in [2.05, 4.69) is 167 Å². The molecule has 11 aromatic rings. The first kappa shape index (κ1) is 25.3. The van der Waals surface area contributed by atoms with Gasteiger partial charge in [0.05, 0.1) is 32.5 Å². The molecule has 218 valence electrons. The fourth-order valence-electron chi connectivity index (χ4n) is 8.04. The minimum atomic E-state index is 1.18. The summed E-state index contributed by atoms with van der Waals surface area (Å²) in [5, 5.41) is 10.4. The third-order valence-corrected chi connectivity index (χ3v) is 11.3. The number of hydrogen-bond donors (Lipinski definition) is 0. The van der Waals surface area contributed by atoms with E-state index in [0.717, 1.165) is 0 Å². The molecule has 0 spiro atoms. The second kappa shape index (κ2) is 9.32. The molecule has 0 N–H and O–H groups in total. The first-order chi connectivity index (χ1) is 23.3. The molecule has 0 bridgehead atoms. The lowest BCUT2D eigenvalue weighted by Crippen LogP contribution is -1.94. The van der Waals surface area contributed by atoms with Crippen molar-refractivity contribution in [3.8, 4) is 22.5 Å². The zero-order valence-electron chi connectivity index (χ0n) is 25.3. The number of para-hydroxylation sites is 2. The summed E-state index contributed by atoms with van der Waals surface area (Å²) in [6, 6.07) is 58.2. The molecule has 0 amide bonds. The average Bonchev–Trinajstić information content (AvgIpc) is 3.79. The highest BCUT2D eigenvalue weighted by atomic mass is 32.1. The zero-order valence-corrected chi connectivity index (χ0v) is 26.1. The van der Waals surface area contributed by atoms with Gasteiger partial charge in [-0.05, 0) is 82.6 Å². The molecule has 0 aliphatic carbocycles. The van der Waals surface area contributed by atoms with Gasteiger partial charge in [0, 0.05) is 42.7 Å². The number of hydrogen-bond acceptors (Lipinski definition) is 1. The number of rotatable bonds is 3. The molecule has 0 aliphatic heterocycles. The van der Waals surface area contributed by atoms with Gasteiger partial charge >= 0.3 is 0 Å². The highest BCUT2D eigenvalue weighted by molar-refractivity contribution is 7.26. The van der Waals surface area contributed by atoms with Crippen molar-refractivity contribution >= 4 is 85.9 Å². The monoisotopic (exact) mass is 614 g/mol. The van der Waals surface area contributed by atoms with Crippen LogP contribution in [0.25, 0.3) is 97.1 Å². The van der Waals surface area contributed by atoms with Crippen LogP contribution in [-0.2, 0) is 0 Å². The van der Waals surface area contributed by atoms with Crippen LogP contribution in [0.4, 0.5) is 0 Å². The number of fused-ring (bicyclic) bond motifs is 6. The molecular weight excluding hydrogens is 589 g/mol. The predicted molar refractivity (Wildman–Crippen MR) is 202 cm³/mol. The summed E-state index contributed by atoms with van der Waals surface area (Å²) >= 11 is 1.88. The van der Waals surface area contributed by atoms with Crippen LogP contribution < -0.4 is 0 Å². The Labute approximate surface area is 274 Å². The van der Waals surface area contributed by atoms with Crippen molar-refractivity contribution in [1.82, 2.24) is 9.13 Å². The lowest BCUT2D eigenvalue weighted by atomic mass is 9.96. The Bertz CT molecular complexity index is 3010. The van der Waals surface area contributed by atoms with Gasteiger partial charge in [0.25, 0.3) is 0 Å². The van der Waals surface area contributed by atoms with Gasteiger partial charge < -0.3 is 9.13 Å². The van der Waals surface area contributed by atoms with Crippen LogP contribution in [0.15, 0.2) is 158 Å². The minimum absolute atomic E-state index is 1.18. The van der Waals surface area contributed by atoms with Gasteiger partial charge in [0.15, 0.2) is 0 Å². The first-order valence-corrected chi connectivity index (χ1v) is 16.9.